The molecule has 0 saturated heterocycles. The summed E-state index contributed by atoms with van der Waals surface area (Å²) in [6.45, 7) is 9.96. The molecule has 0 bridgehead atoms. The Morgan fingerprint density at radius 2 is 1.77 bits per heavy atom. The lowest BCUT2D eigenvalue weighted by atomic mass is 10.1. The quantitative estimate of drug-likeness (QED) is 0.586. The van der Waals surface area contributed by atoms with Gasteiger partial charge in [-0.05, 0) is 57.4 Å². The highest BCUT2D eigenvalue weighted by molar-refractivity contribution is 7.99. The number of nitrogens with one attached hydrogen (secondary N) is 1. The van der Waals surface area contributed by atoms with Gasteiger partial charge in [0.2, 0.25) is 11.8 Å². The summed E-state index contributed by atoms with van der Waals surface area (Å²) >= 11 is 1.53. The van der Waals surface area contributed by atoms with Gasteiger partial charge in [-0.1, -0.05) is 48.9 Å². The normalized spacial score (nSPS) is 12.3. The van der Waals surface area contributed by atoms with E-state index in [-0.39, 0.29) is 29.9 Å². The third-order valence-electron chi connectivity index (χ3n) is 4.73. The van der Waals surface area contributed by atoms with Crippen LogP contribution in [0.1, 0.15) is 50.8 Å². The van der Waals surface area contributed by atoms with E-state index in [1.807, 2.05) is 52.8 Å². The lowest BCUT2D eigenvalue weighted by molar-refractivity contribution is -0.140. The van der Waals surface area contributed by atoms with E-state index in [2.05, 4.69) is 11.4 Å². The van der Waals surface area contributed by atoms with Gasteiger partial charge in [0.05, 0.1) is 5.75 Å². The number of aryl methyl sites for hydroxylation is 1. The molecule has 1 N–H and O–H groups in total. The van der Waals surface area contributed by atoms with Crippen LogP contribution in [0.3, 0.4) is 0 Å². The minimum absolute atomic E-state index is 0.0992. The summed E-state index contributed by atoms with van der Waals surface area (Å²) < 4.78 is 13.3. The van der Waals surface area contributed by atoms with Crippen LogP contribution < -0.4 is 5.32 Å². The molecule has 6 heteroatoms. The predicted octanol–water partition coefficient (Wildman–Crippen LogP) is 5.09. The zero-order chi connectivity index (χ0) is 23.0. The fourth-order valence-corrected chi connectivity index (χ4v) is 4.16. The highest BCUT2D eigenvalue weighted by atomic mass is 32.2. The van der Waals surface area contributed by atoms with Gasteiger partial charge in [-0.15, -0.1) is 11.8 Å². The Morgan fingerprint density at radius 1 is 1.10 bits per heavy atom. The average molecular weight is 445 g/mol. The molecule has 1 atom stereocenters. The van der Waals surface area contributed by atoms with Gasteiger partial charge in [0, 0.05) is 17.8 Å². The Bertz CT molecular complexity index is 878. The summed E-state index contributed by atoms with van der Waals surface area (Å²) in [7, 11) is 0. The number of amides is 2. The van der Waals surface area contributed by atoms with Crippen LogP contribution in [0.4, 0.5) is 4.39 Å². The lowest BCUT2D eigenvalue weighted by Gasteiger charge is -2.33. The summed E-state index contributed by atoms with van der Waals surface area (Å²) in [6.07, 6.45) is 0.497. The van der Waals surface area contributed by atoms with Crippen molar-refractivity contribution in [2.24, 2.45) is 0 Å². The minimum atomic E-state index is -0.587. The molecule has 0 radical (unpaired) electrons. The fraction of sp³-hybridized carbons (Fsp3) is 0.440. The standard InChI is InChI=1S/C25H33FN2O2S/c1-6-22(24(30)27-25(3,4)5)28(15-19-10-12-21(26)13-11-19)23(29)17-31-16-20-9-7-8-18(2)14-20/h7-14,22H,6,15-17H2,1-5H3,(H,27,30)/t22-/m0/s1. The highest BCUT2D eigenvalue weighted by Gasteiger charge is 2.30. The number of thioether (sulfide) groups is 1. The Hall–Kier alpha value is -2.34. The average Bonchev–Trinajstić information content (AvgIpc) is 2.68. The molecule has 0 heterocycles. The summed E-state index contributed by atoms with van der Waals surface area (Å²) in [5, 5.41) is 2.99. The molecular weight excluding hydrogens is 411 g/mol. The number of carbonyl (C=O) groups is 2. The van der Waals surface area contributed by atoms with Gasteiger partial charge in [-0.25, -0.2) is 4.39 Å². The Labute approximate surface area is 189 Å². The highest BCUT2D eigenvalue weighted by Crippen LogP contribution is 2.18. The van der Waals surface area contributed by atoms with Gasteiger partial charge in [-0.3, -0.25) is 9.59 Å². The van der Waals surface area contributed by atoms with Crippen LogP contribution in [0.5, 0.6) is 0 Å². The van der Waals surface area contributed by atoms with Crippen LogP contribution in [-0.4, -0.2) is 34.0 Å². The number of carbonyl (C=O) groups excluding carboxylic acids is 2. The molecule has 0 aliphatic rings. The number of nitrogens with zero attached hydrogens (tertiary/aromatic N) is 1. The van der Waals surface area contributed by atoms with E-state index in [0.717, 1.165) is 11.3 Å². The van der Waals surface area contributed by atoms with Gasteiger partial charge in [-0.2, -0.15) is 0 Å². The first-order valence-electron chi connectivity index (χ1n) is 10.6. The first-order valence-corrected chi connectivity index (χ1v) is 11.7. The van der Waals surface area contributed by atoms with Crippen LogP contribution >= 0.6 is 11.8 Å². The molecule has 4 nitrogen and oxygen atoms in total. The molecule has 0 saturated carbocycles. The molecule has 2 aromatic rings. The van der Waals surface area contributed by atoms with Gasteiger partial charge < -0.3 is 10.2 Å². The molecule has 0 unspecified atom stereocenters. The van der Waals surface area contributed by atoms with Gasteiger partial charge in [0.15, 0.2) is 0 Å². The molecule has 2 rings (SSSR count). The number of benzene rings is 2. The van der Waals surface area contributed by atoms with Gasteiger partial charge >= 0.3 is 0 Å². The summed E-state index contributed by atoms with van der Waals surface area (Å²) in [4.78, 5) is 27.8. The fourth-order valence-electron chi connectivity index (χ4n) is 3.30. The molecular formula is C25H33FN2O2S. The van der Waals surface area contributed by atoms with E-state index in [1.54, 1.807) is 17.0 Å². The zero-order valence-corrected chi connectivity index (χ0v) is 19.9. The first kappa shape index (κ1) is 24.9. The van der Waals surface area contributed by atoms with E-state index >= 15 is 0 Å². The lowest BCUT2D eigenvalue weighted by Crippen LogP contribution is -2.53. The van der Waals surface area contributed by atoms with E-state index < -0.39 is 11.6 Å². The first-order chi connectivity index (χ1) is 14.6. The largest absolute Gasteiger partial charge is 0.350 e. The summed E-state index contributed by atoms with van der Waals surface area (Å²) in [6, 6.07) is 13.7. The minimum Gasteiger partial charge on any atom is -0.350 e. The second-order valence-corrected chi connectivity index (χ2v) is 9.78. The Balaban J connectivity index is 2.15. The third-order valence-corrected chi connectivity index (χ3v) is 5.72. The molecule has 31 heavy (non-hydrogen) atoms. The molecule has 2 amide bonds. The van der Waals surface area contributed by atoms with Crippen LogP contribution in [0.25, 0.3) is 0 Å². The Kier molecular flexibility index (Phi) is 9.11. The molecule has 168 valence electrons. The summed E-state index contributed by atoms with van der Waals surface area (Å²) in [5.74, 6) is 0.400. The molecule has 0 spiro atoms. The summed E-state index contributed by atoms with van der Waals surface area (Å²) in [5.41, 5.74) is 2.75. The topological polar surface area (TPSA) is 49.4 Å². The zero-order valence-electron chi connectivity index (χ0n) is 19.1. The number of rotatable bonds is 9. The van der Waals surface area contributed by atoms with Gasteiger partial charge in [0.25, 0.3) is 0 Å². The molecule has 0 aliphatic carbocycles. The maximum atomic E-state index is 13.3. The van der Waals surface area contributed by atoms with Crippen LogP contribution in [0.15, 0.2) is 48.5 Å². The predicted molar refractivity (Wildman–Crippen MR) is 126 cm³/mol. The van der Waals surface area contributed by atoms with Gasteiger partial charge in [0.1, 0.15) is 11.9 Å². The van der Waals surface area contributed by atoms with E-state index in [0.29, 0.717) is 6.42 Å². The van der Waals surface area contributed by atoms with Crippen molar-refractivity contribution in [3.63, 3.8) is 0 Å². The monoisotopic (exact) mass is 444 g/mol. The van der Waals surface area contributed by atoms with Crippen molar-refractivity contribution in [2.45, 2.75) is 64.9 Å². The second-order valence-electron chi connectivity index (χ2n) is 8.79. The number of hydrogen-bond acceptors (Lipinski definition) is 3. The molecule has 0 aromatic heterocycles. The number of halogens is 1. The van der Waals surface area contributed by atoms with Crippen LogP contribution in [0, 0.1) is 12.7 Å². The second kappa shape index (κ2) is 11.3. The van der Waals surface area contributed by atoms with Crippen LogP contribution in [0.2, 0.25) is 0 Å². The van der Waals surface area contributed by atoms with Crippen molar-refractivity contribution in [2.75, 3.05) is 5.75 Å². The van der Waals surface area contributed by atoms with Crippen molar-refractivity contribution in [3.8, 4) is 0 Å². The smallest absolute Gasteiger partial charge is 0.243 e. The third kappa shape index (κ3) is 8.37. The van der Waals surface area contributed by atoms with Crippen molar-refractivity contribution >= 4 is 23.6 Å². The van der Waals surface area contributed by atoms with Crippen molar-refractivity contribution in [3.05, 3.63) is 71.0 Å². The Morgan fingerprint density at radius 3 is 2.35 bits per heavy atom. The SMILES string of the molecule is CC[C@@H](C(=O)NC(C)(C)C)N(Cc1ccc(F)cc1)C(=O)CSCc1cccc(C)c1. The van der Waals surface area contributed by atoms with E-state index in [1.165, 1.54) is 35.0 Å². The van der Waals surface area contributed by atoms with Crippen molar-refractivity contribution in [1.29, 1.82) is 0 Å². The molecule has 0 aliphatic heterocycles. The molecule has 2 aromatic carbocycles. The maximum absolute atomic E-state index is 13.3. The van der Waals surface area contributed by atoms with Crippen molar-refractivity contribution in [1.82, 2.24) is 10.2 Å². The van der Waals surface area contributed by atoms with Crippen LogP contribution in [-0.2, 0) is 21.9 Å². The number of hydrogen-bond donors (Lipinski definition) is 1. The maximum Gasteiger partial charge on any atom is 0.243 e. The van der Waals surface area contributed by atoms with Crippen molar-refractivity contribution < 1.29 is 14.0 Å². The van der Waals surface area contributed by atoms with E-state index in [4.69, 9.17) is 0 Å². The van der Waals surface area contributed by atoms with E-state index in [9.17, 15) is 14.0 Å². The molecule has 0 fully saturated rings.